The van der Waals surface area contributed by atoms with Crippen molar-refractivity contribution in [3.05, 3.63) is 59.8 Å². The molecule has 28 heavy (non-hydrogen) atoms. The van der Waals surface area contributed by atoms with Crippen LogP contribution >= 0.6 is 0 Å². The number of pyridine rings is 1. The van der Waals surface area contributed by atoms with Gasteiger partial charge < -0.3 is 15.4 Å². The number of ether oxygens (including phenoxy) is 1. The van der Waals surface area contributed by atoms with Crippen molar-refractivity contribution >= 4 is 11.8 Å². The molecule has 1 aromatic carbocycles. The first-order valence-corrected chi connectivity index (χ1v) is 9.69. The molecule has 1 unspecified atom stereocenters. The van der Waals surface area contributed by atoms with E-state index in [1.54, 1.807) is 6.20 Å². The molecule has 6 heteroatoms. The molecule has 1 aromatic heterocycles. The van der Waals surface area contributed by atoms with Gasteiger partial charge in [-0.05, 0) is 24.0 Å². The van der Waals surface area contributed by atoms with Gasteiger partial charge in [0.15, 0.2) is 0 Å². The predicted octanol–water partition coefficient (Wildman–Crippen LogP) is 2.87. The van der Waals surface area contributed by atoms with Crippen LogP contribution in [0.4, 0.5) is 0 Å². The van der Waals surface area contributed by atoms with Crippen LogP contribution in [0.15, 0.2) is 48.7 Å². The second kappa shape index (κ2) is 11.1. The van der Waals surface area contributed by atoms with E-state index in [4.69, 9.17) is 4.74 Å². The number of carbonyl (C=O) groups excluding carboxylic acids is 2. The summed E-state index contributed by atoms with van der Waals surface area (Å²) in [7, 11) is 0. The Morgan fingerprint density at radius 3 is 2.54 bits per heavy atom. The lowest BCUT2D eigenvalue weighted by Crippen LogP contribution is -2.49. The van der Waals surface area contributed by atoms with Gasteiger partial charge in [-0.15, -0.1) is 0 Å². The molecule has 0 aliphatic rings. The van der Waals surface area contributed by atoms with Crippen molar-refractivity contribution in [1.82, 2.24) is 15.6 Å². The lowest BCUT2D eigenvalue weighted by Gasteiger charge is -2.22. The minimum absolute atomic E-state index is 0.0376. The van der Waals surface area contributed by atoms with Crippen LogP contribution in [0, 0.1) is 5.92 Å². The van der Waals surface area contributed by atoms with Gasteiger partial charge in [0, 0.05) is 18.3 Å². The standard InChI is InChI=1S/C22H29N3O3/c1-4-13-28-22-18(11-8-12-23-22)15-24-21(27)20(16(2)3)25-19(26)14-17-9-6-5-7-10-17/h5-12,16,20H,4,13-15H2,1-3H3,(H,24,27)(H,25,26). The molecule has 0 aliphatic carbocycles. The number of nitrogens with zero attached hydrogens (tertiary/aromatic N) is 1. The number of amides is 2. The molecule has 2 N–H and O–H groups in total. The van der Waals surface area contributed by atoms with E-state index < -0.39 is 6.04 Å². The highest BCUT2D eigenvalue weighted by atomic mass is 16.5. The van der Waals surface area contributed by atoms with Crippen molar-refractivity contribution in [2.45, 2.75) is 46.2 Å². The summed E-state index contributed by atoms with van der Waals surface area (Å²) in [6, 6.07) is 12.5. The molecule has 6 nitrogen and oxygen atoms in total. The Balaban J connectivity index is 1.95. The van der Waals surface area contributed by atoms with Crippen molar-refractivity contribution in [3.8, 4) is 5.88 Å². The Bertz CT molecular complexity index is 763. The molecule has 0 aliphatic heterocycles. The maximum atomic E-state index is 12.7. The van der Waals surface area contributed by atoms with Crippen LogP contribution in [0.3, 0.4) is 0 Å². The number of aromatic nitrogens is 1. The van der Waals surface area contributed by atoms with Crippen LogP contribution in [0.25, 0.3) is 0 Å². The molecule has 0 bridgehead atoms. The summed E-state index contributed by atoms with van der Waals surface area (Å²) >= 11 is 0. The number of hydrogen-bond donors (Lipinski definition) is 2. The van der Waals surface area contributed by atoms with Gasteiger partial charge in [-0.25, -0.2) is 4.98 Å². The molecule has 0 radical (unpaired) electrons. The van der Waals surface area contributed by atoms with Gasteiger partial charge in [-0.2, -0.15) is 0 Å². The summed E-state index contributed by atoms with van der Waals surface area (Å²) in [4.78, 5) is 29.3. The minimum atomic E-state index is -0.604. The van der Waals surface area contributed by atoms with Gasteiger partial charge in [0.2, 0.25) is 17.7 Å². The SMILES string of the molecule is CCCOc1ncccc1CNC(=O)C(NC(=O)Cc1ccccc1)C(C)C. The highest BCUT2D eigenvalue weighted by Gasteiger charge is 2.24. The van der Waals surface area contributed by atoms with Gasteiger partial charge in [0.25, 0.3) is 0 Å². The van der Waals surface area contributed by atoms with E-state index in [2.05, 4.69) is 15.6 Å². The maximum absolute atomic E-state index is 12.7. The number of hydrogen-bond acceptors (Lipinski definition) is 4. The molecule has 2 rings (SSSR count). The predicted molar refractivity (Wildman–Crippen MR) is 109 cm³/mol. The number of benzene rings is 1. The lowest BCUT2D eigenvalue weighted by atomic mass is 10.0. The van der Waals surface area contributed by atoms with Crippen molar-refractivity contribution in [2.24, 2.45) is 5.92 Å². The van der Waals surface area contributed by atoms with Gasteiger partial charge in [0.05, 0.1) is 13.0 Å². The van der Waals surface area contributed by atoms with Crippen molar-refractivity contribution < 1.29 is 14.3 Å². The largest absolute Gasteiger partial charge is 0.477 e. The van der Waals surface area contributed by atoms with Crippen molar-refractivity contribution in [2.75, 3.05) is 6.61 Å². The first-order chi connectivity index (χ1) is 13.5. The first-order valence-electron chi connectivity index (χ1n) is 9.69. The number of carbonyl (C=O) groups is 2. The van der Waals surface area contributed by atoms with Crippen LogP contribution in [0.1, 0.15) is 38.3 Å². The molecule has 0 spiro atoms. The van der Waals surface area contributed by atoms with Gasteiger partial charge in [-0.3, -0.25) is 9.59 Å². The Labute approximate surface area is 166 Å². The van der Waals surface area contributed by atoms with Gasteiger partial charge >= 0.3 is 0 Å². The average Bonchev–Trinajstić information content (AvgIpc) is 2.69. The lowest BCUT2D eigenvalue weighted by molar-refractivity contribution is -0.129. The molecular weight excluding hydrogens is 354 g/mol. The summed E-state index contributed by atoms with van der Waals surface area (Å²) in [5, 5.41) is 5.74. The fourth-order valence-electron chi connectivity index (χ4n) is 2.72. The molecule has 1 atom stereocenters. The molecular formula is C22H29N3O3. The van der Waals surface area contributed by atoms with Gasteiger partial charge in [-0.1, -0.05) is 57.2 Å². The third-order valence-electron chi connectivity index (χ3n) is 4.22. The van der Waals surface area contributed by atoms with E-state index in [1.807, 2.05) is 63.2 Å². The van der Waals surface area contributed by atoms with Crippen LogP contribution in [-0.2, 0) is 22.6 Å². The second-order valence-electron chi connectivity index (χ2n) is 6.99. The molecule has 0 saturated heterocycles. The monoisotopic (exact) mass is 383 g/mol. The van der Waals surface area contributed by atoms with E-state index in [0.29, 0.717) is 19.0 Å². The van der Waals surface area contributed by atoms with Gasteiger partial charge in [0.1, 0.15) is 6.04 Å². The van der Waals surface area contributed by atoms with E-state index >= 15 is 0 Å². The van der Waals surface area contributed by atoms with Crippen molar-refractivity contribution in [1.29, 1.82) is 0 Å². The zero-order valence-corrected chi connectivity index (χ0v) is 16.8. The number of rotatable bonds is 10. The normalized spacial score (nSPS) is 11.7. The zero-order valence-electron chi connectivity index (χ0n) is 16.8. The average molecular weight is 383 g/mol. The maximum Gasteiger partial charge on any atom is 0.243 e. The topological polar surface area (TPSA) is 80.3 Å². The second-order valence-corrected chi connectivity index (χ2v) is 6.99. The number of nitrogens with one attached hydrogen (secondary N) is 2. The van der Waals surface area contributed by atoms with Crippen LogP contribution in [0.2, 0.25) is 0 Å². The Kier molecular flexibility index (Phi) is 8.46. The molecule has 150 valence electrons. The van der Waals surface area contributed by atoms with Crippen LogP contribution in [0.5, 0.6) is 5.88 Å². The minimum Gasteiger partial charge on any atom is -0.477 e. The highest BCUT2D eigenvalue weighted by Crippen LogP contribution is 2.14. The van der Waals surface area contributed by atoms with Crippen LogP contribution in [-0.4, -0.2) is 29.4 Å². The third-order valence-corrected chi connectivity index (χ3v) is 4.22. The Morgan fingerprint density at radius 2 is 1.86 bits per heavy atom. The summed E-state index contributed by atoms with van der Waals surface area (Å²) in [6.45, 7) is 6.71. The fraction of sp³-hybridized carbons (Fsp3) is 0.409. The fourth-order valence-corrected chi connectivity index (χ4v) is 2.72. The third kappa shape index (κ3) is 6.68. The van der Waals surface area contributed by atoms with E-state index in [1.165, 1.54) is 0 Å². The smallest absolute Gasteiger partial charge is 0.243 e. The Hall–Kier alpha value is -2.89. The first kappa shape index (κ1) is 21.4. The van der Waals surface area contributed by atoms with E-state index in [9.17, 15) is 9.59 Å². The zero-order chi connectivity index (χ0) is 20.4. The summed E-state index contributed by atoms with van der Waals surface area (Å²) in [5.41, 5.74) is 1.72. The summed E-state index contributed by atoms with van der Waals surface area (Å²) in [6.07, 6.45) is 2.79. The van der Waals surface area contributed by atoms with Crippen LogP contribution < -0.4 is 15.4 Å². The summed E-state index contributed by atoms with van der Waals surface area (Å²) in [5.74, 6) is 0.0957. The van der Waals surface area contributed by atoms with E-state index in [0.717, 1.165) is 17.5 Å². The van der Waals surface area contributed by atoms with Crippen molar-refractivity contribution in [3.63, 3.8) is 0 Å². The molecule has 0 fully saturated rings. The van der Waals surface area contributed by atoms with E-state index in [-0.39, 0.29) is 24.2 Å². The molecule has 0 saturated carbocycles. The molecule has 2 aromatic rings. The molecule has 1 heterocycles. The Morgan fingerprint density at radius 1 is 1.11 bits per heavy atom. The summed E-state index contributed by atoms with van der Waals surface area (Å²) < 4.78 is 5.63. The highest BCUT2D eigenvalue weighted by molar-refractivity contribution is 5.88. The quantitative estimate of drug-likeness (QED) is 0.661. The molecule has 2 amide bonds.